The Balaban J connectivity index is 1.77. The number of H-pyrrole nitrogens is 1. The molecule has 0 radical (unpaired) electrons. The molecule has 1 fully saturated rings. The van der Waals surface area contributed by atoms with Crippen LogP contribution in [0.5, 0.6) is 5.75 Å². The van der Waals surface area contributed by atoms with Gasteiger partial charge < -0.3 is 30.4 Å². The first-order valence-corrected chi connectivity index (χ1v) is 12.3. The third-order valence-corrected chi connectivity index (χ3v) is 6.42. The van der Waals surface area contributed by atoms with Gasteiger partial charge in [-0.1, -0.05) is 19.9 Å². The first-order chi connectivity index (χ1) is 17.2. The number of aromatic amines is 1. The van der Waals surface area contributed by atoms with Crippen LogP contribution in [0.3, 0.4) is 0 Å². The second-order valence-corrected chi connectivity index (χ2v) is 9.57. The van der Waals surface area contributed by atoms with Crippen LogP contribution in [-0.2, 0) is 19.1 Å². The number of rotatable bonds is 13. The summed E-state index contributed by atoms with van der Waals surface area (Å²) in [4.78, 5) is 54.3. The van der Waals surface area contributed by atoms with Crippen LogP contribution >= 0.6 is 0 Å². The fourth-order valence-electron chi connectivity index (χ4n) is 4.37. The maximum absolute atomic E-state index is 13.3. The summed E-state index contributed by atoms with van der Waals surface area (Å²) in [5.74, 6) is -0.769. The Morgan fingerprint density at radius 3 is 2.53 bits per heavy atom. The minimum absolute atomic E-state index is 0.127. The van der Waals surface area contributed by atoms with Crippen molar-refractivity contribution in [2.75, 3.05) is 27.4 Å². The minimum atomic E-state index is -0.887. The standard InChI is InChI=1S/C26H36N4O6/c1-15(2)8-9-19(29-26(34)21-13-17-18(28-21)6-5-7-23(17)36-4)25(33)30-20(22(31)14-35-3)12-16-10-11-27-24(16)32/h5-7,13,15-16,19-20,28H,8-12,14H2,1-4H3,(H,27,32)(H,29,34)(H,30,33)/t16-,19-,20-/m0/s1. The molecule has 10 nitrogen and oxygen atoms in total. The van der Waals surface area contributed by atoms with Crippen LogP contribution in [-0.4, -0.2) is 67.9 Å². The largest absolute Gasteiger partial charge is 0.496 e. The lowest BCUT2D eigenvalue weighted by atomic mass is 9.95. The number of carbonyl (C=O) groups is 4. The zero-order valence-electron chi connectivity index (χ0n) is 21.3. The van der Waals surface area contributed by atoms with Crippen molar-refractivity contribution in [3.63, 3.8) is 0 Å². The highest BCUT2D eigenvalue weighted by Crippen LogP contribution is 2.26. The monoisotopic (exact) mass is 500 g/mol. The van der Waals surface area contributed by atoms with Crippen LogP contribution < -0.4 is 20.7 Å². The molecule has 0 aliphatic carbocycles. The third kappa shape index (κ3) is 6.84. The highest BCUT2D eigenvalue weighted by atomic mass is 16.5. The van der Waals surface area contributed by atoms with Crippen molar-refractivity contribution in [1.29, 1.82) is 0 Å². The van der Waals surface area contributed by atoms with Crippen molar-refractivity contribution < 1.29 is 28.7 Å². The van der Waals surface area contributed by atoms with E-state index in [2.05, 4.69) is 20.9 Å². The Hall–Kier alpha value is -3.40. The van der Waals surface area contributed by atoms with E-state index in [1.165, 1.54) is 7.11 Å². The fourth-order valence-corrected chi connectivity index (χ4v) is 4.37. The molecule has 4 N–H and O–H groups in total. The zero-order valence-corrected chi connectivity index (χ0v) is 21.3. The van der Waals surface area contributed by atoms with Gasteiger partial charge in [0.15, 0.2) is 5.78 Å². The van der Waals surface area contributed by atoms with E-state index in [0.29, 0.717) is 43.2 Å². The predicted octanol–water partition coefficient (Wildman–Crippen LogP) is 1.94. The summed E-state index contributed by atoms with van der Waals surface area (Å²) in [5, 5.41) is 9.11. The summed E-state index contributed by atoms with van der Waals surface area (Å²) in [6.45, 7) is 4.43. The molecule has 1 saturated heterocycles. The Bertz CT molecular complexity index is 1100. The molecule has 1 aromatic heterocycles. The smallest absolute Gasteiger partial charge is 0.268 e. The van der Waals surface area contributed by atoms with Gasteiger partial charge in [0.1, 0.15) is 24.1 Å². The highest BCUT2D eigenvalue weighted by molar-refractivity contribution is 6.02. The molecular formula is C26H36N4O6. The topological polar surface area (TPSA) is 139 Å². The van der Waals surface area contributed by atoms with Crippen molar-refractivity contribution in [3.8, 4) is 5.75 Å². The predicted molar refractivity (Wildman–Crippen MR) is 135 cm³/mol. The van der Waals surface area contributed by atoms with Crippen molar-refractivity contribution in [2.45, 2.75) is 51.6 Å². The number of carbonyl (C=O) groups excluding carboxylic acids is 4. The van der Waals surface area contributed by atoms with Gasteiger partial charge in [0.25, 0.3) is 5.91 Å². The van der Waals surface area contributed by atoms with Gasteiger partial charge in [-0.05, 0) is 49.8 Å². The van der Waals surface area contributed by atoms with Gasteiger partial charge in [-0.15, -0.1) is 0 Å². The fraction of sp³-hybridized carbons (Fsp3) is 0.538. The summed E-state index contributed by atoms with van der Waals surface area (Å²) < 4.78 is 10.3. The first-order valence-electron chi connectivity index (χ1n) is 12.3. The van der Waals surface area contributed by atoms with Crippen LogP contribution in [0.4, 0.5) is 0 Å². The van der Waals surface area contributed by atoms with Gasteiger partial charge in [0, 0.05) is 30.5 Å². The second kappa shape index (κ2) is 12.5. The first kappa shape index (κ1) is 27.2. The van der Waals surface area contributed by atoms with E-state index in [-0.39, 0.29) is 30.6 Å². The Morgan fingerprint density at radius 1 is 1.11 bits per heavy atom. The second-order valence-electron chi connectivity index (χ2n) is 9.57. The summed E-state index contributed by atoms with van der Waals surface area (Å²) in [6.07, 6.45) is 1.88. The SMILES string of the molecule is COCC(=O)[C@H](C[C@@H]1CCNC1=O)NC(=O)[C@H](CCC(C)C)NC(=O)c1cc2c(OC)cccc2[nH]1. The summed E-state index contributed by atoms with van der Waals surface area (Å²) in [5.41, 5.74) is 1.04. The number of methoxy groups -OCH3 is 2. The molecule has 0 unspecified atom stereocenters. The molecule has 3 atom stereocenters. The molecule has 0 bridgehead atoms. The van der Waals surface area contributed by atoms with Crippen molar-refractivity contribution >= 4 is 34.4 Å². The Labute approximate surface area is 210 Å². The molecule has 3 amide bonds. The number of amides is 3. The number of ether oxygens (including phenoxy) is 2. The zero-order chi connectivity index (χ0) is 26.2. The van der Waals surface area contributed by atoms with Crippen molar-refractivity contribution in [1.82, 2.24) is 20.9 Å². The molecule has 0 spiro atoms. The quantitative estimate of drug-likeness (QED) is 0.332. The van der Waals surface area contributed by atoms with Gasteiger partial charge in [-0.2, -0.15) is 0 Å². The van der Waals surface area contributed by atoms with E-state index < -0.39 is 23.9 Å². The molecule has 2 aromatic rings. The maximum atomic E-state index is 13.3. The normalized spacial score (nSPS) is 17.0. The lowest BCUT2D eigenvalue weighted by molar-refractivity contribution is -0.132. The van der Waals surface area contributed by atoms with E-state index in [1.807, 2.05) is 26.0 Å². The summed E-state index contributed by atoms with van der Waals surface area (Å²) in [7, 11) is 2.96. The Kier molecular flexibility index (Phi) is 9.46. The van der Waals surface area contributed by atoms with Gasteiger partial charge in [0.2, 0.25) is 11.8 Å². The average Bonchev–Trinajstić information content (AvgIpc) is 3.47. The van der Waals surface area contributed by atoms with Gasteiger partial charge in [-0.25, -0.2) is 0 Å². The number of nitrogens with one attached hydrogen (secondary N) is 4. The molecule has 1 aromatic carbocycles. The van der Waals surface area contributed by atoms with Crippen LogP contribution in [0.2, 0.25) is 0 Å². The van der Waals surface area contributed by atoms with Gasteiger partial charge >= 0.3 is 0 Å². The van der Waals surface area contributed by atoms with Gasteiger partial charge in [-0.3, -0.25) is 19.2 Å². The number of fused-ring (bicyclic) bond motifs is 1. The minimum Gasteiger partial charge on any atom is -0.496 e. The maximum Gasteiger partial charge on any atom is 0.268 e. The van der Waals surface area contributed by atoms with E-state index in [4.69, 9.17) is 9.47 Å². The van der Waals surface area contributed by atoms with E-state index in [1.54, 1.807) is 19.2 Å². The number of hydrogen-bond donors (Lipinski definition) is 4. The van der Waals surface area contributed by atoms with Crippen LogP contribution in [0.25, 0.3) is 10.9 Å². The number of aromatic nitrogens is 1. The van der Waals surface area contributed by atoms with Crippen molar-refractivity contribution in [3.05, 3.63) is 30.0 Å². The Morgan fingerprint density at radius 2 is 1.89 bits per heavy atom. The summed E-state index contributed by atoms with van der Waals surface area (Å²) >= 11 is 0. The molecular weight excluding hydrogens is 464 g/mol. The van der Waals surface area contributed by atoms with Crippen molar-refractivity contribution in [2.24, 2.45) is 11.8 Å². The van der Waals surface area contributed by atoms with Crippen LogP contribution in [0.1, 0.15) is 50.0 Å². The van der Waals surface area contributed by atoms with E-state index >= 15 is 0 Å². The number of Topliss-reactive ketones (excluding diaryl/α,β-unsaturated/α-hetero) is 1. The van der Waals surface area contributed by atoms with E-state index in [9.17, 15) is 19.2 Å². The van der Waals surface area contributed by atoms with E-state index in [0.717, 1.165) is 10.9 Å². The lowest BCUT2D eigenvalue weighted by Crippen LogP contribution is -2.53. The number of benzene rings is 1. The van der Waals surface area contributed by atoms with Crippen LogP contribution in [0, 0.1) is 11.8 Å². The molecule has 196 valence electrons. The molecule has 10 heteroatoms. The molecule has 36 heavy (non-hydrogen) atoms. The lowest BCUT2D eigenvalue weighted by Gasteiger charge is -2.24. The molecule has 3 rings (SSSR count). The molecule has 0 saturated carbocycles. The average molecular weight is 501 g/mol. The highest BCUT2D eigenvalue weighted by Gasteiger charge is 2.33. The van der Waals surface area contributed by atoms with Crippen LogP contribution in [0.15, 0.2) is 24.3 Å². The third-order valence-electron chi connectivity index (χ3n) is 6.42. The van der Waals surface area contributed by atoms with Gasteiger partial charge in [0.05, 0.1) is 13.2 Å². The summed E-state index contributed by atoms with van der Waals surface area (Å²) in [6, 6.07) is 5.40. The number of ketones is 1. The molecule has 1 aliphatic heterocycles. The molecule has 2 heterocycles. The molecule has 1 aliphatic rings. The number of hydrogen-bond acceptors (Lipinski definition) is 6.